The Hall–Kier alpha value is -0.160. The Bertz CT molecular complexity index is 295. The molecule has 0 radical (unpaired) electrons. The number of rotatable bonds is 0. The monoisotopic (exact) mass is 312 g/mol. The molecule has 0 aromatic rings. The van der Waals surface area contributed by atoms with Gasteiger partial charge in [-0.25, -0.2) is 0 Å². The van der Waals surface area contributed by atoms with Crippen LogP contribution in [0.15, 0.2) is 0 Å². The maximum atomic E-state index is 3.73. The summed E-state index contributed by atoms with van der Waals surface area (Å²) < 4.78 is 0. The predicted molar refractivity (Wildman–Crippen MR) is 97.5 cm³/mol. The molecule has 0 aliphatic carbocycles. The summed E-state index contributed by atoms with van der Waals surface area (Å²) in [7, 11) is 0. The zero-order chi connectivity index (χ0) is 17.0. The van der Waals surface area contributed by atoms with E-state index < -0.39 is 0 Å². The van der Waals surface area contributed by atoms with Crippen LogP contribution in [0.3, 0.4) is 0 Å². The Morgan fingerprint density at radius 3 is 1.23 bits per heavy atom. The zero-order valence-electron chi connectivity index (χ0n) is 16.1. The summed E-state index contributed by atoms with van der Waals surface area (Å²) in [5, 5.41) is 14.9. The van der Waals surface area contributed by atoms with Gasteiger partial charge in [-0.15, -0.1) is 0 Å². The highest BCUT2D eigenvalue weighted by molar-refractivity contribution is 4.89. The van der Waals surface area contributed by atoms with E-state index in [-0.39, 0.29) is 11.1 Å². The molecule has 1 aliphatic rings. The van der Waals surface area contributed by atoms with Gasteiger partial charge in [-0.3, -0.25) is 0 Å². The molecule has 2 unspecified atom stereocenters. The first kappa shape index (κ1) is 19.9. The molecule has 0 spiro atoms. The van der Waals surface area contributed by atoms with Crippen molar-refractivity contribution in [2.24, 2.45) is 0 Å². The van der Waals surface area contributed by atoms with Gasteiger partial charge in [0.25, 0.3) is 0 Å². The summed E-state index contributed by atoms with van der Waals surface area (Å²) >= 11 is 0. The quantitative estimate of drug-likeness (QED) is 0.554. The van der Waals surface area contributed by atoms with E-state index in [4.69, 9.17) is 0 Å². The van der Waals surface area contributed by atoms with Crippen LogP contribution in [-0.4, -0.2) is 48.3 Å². The van der Waals surface area contributed by atoms with Crippen molar-refractivity contribution in [2.45, 2.75) is 103 Å². The summed E-state index contributed by atoms with van der Waals surface area (Å²) in [6, 6.07) is 1.98. The van der Waals surface area contributed by atoms with Gasteiger partial charge in [-0.05, 0) is 68.2 Å². The smallest absolute Gasteiger partial charge is 0.0166 e. The fourth-order valence-corrected chi connectivity index (χ4v) is 3.74. The van der Waals surface area contributed by atoms with E-state index in [9.17, 15) is 0 Å². The number of hydrogen-bond acceptors (Lipinski definition) is 4. The lowest BCUT2D eigenvalue weighted by atomic mass is 9.93. The lowest BCUT2D eigenvalue weighted by molar-refractivity contribution is 0.253. The molecule has 1 rings (SSSR count). The third-order valence-corrected chi connectivity index (χ3v) is 4.54. The zero-order valence-corrected chi connectivity index (χ0v) is 16.1. The lowest BCUT2D eigenvalue weighted by Crippen LogP contribution is -2.55. The molecule has 0 bridgehead atoms. The van der Waals surface area contributed by atoms with Gasteiger partial charge in [0.15, 0.2) is 0 Å². The summed E-state index contributed by atoms with van der Waals surface area (Å²) in [4.78, 5) is 0. The minimum atomic E-state index is 0.155. The lowest BCUT2D eigenvalue weighted by Gasteiger charge is -2.36. The van der Waals surface area contributed by atoms with Crippen molar-refractivity contribution in [3.63, 3.8) is 0 Å². The van der Waals surface area contributed by atoms with Gasteiger partial charge in [0.1, 0.15) is 0 Å². The second-order valence-electron chi connectivity index (χ2n) is 8.88. The summed E-state index contributed by atoms with van der Waals surface area (Å²) in [6.45, 7) is 20.4. The van der Waals surface area contributed by atoms with E-state index in [1.54, 1.807) is 0 Å². The van der Waals surface area contributed by atoms with Crippen LogP contribution >= 0.6 is 0 Å². The van der Waals surface area contributed by atoms with E-state index >= 15 is 0 Å². The minimum absolute atomic E-state index is 0.155. The minimum Gasteiger partial charge on any atom is -0.310 e. The van der Waals surface area contributed by atoms with Crippen LogP contribution in [0.1, 0.15) is 68.2 Å². The molecule has 4 atom stereocenters. The number of nitrogens with one attached hydrogen (secondary N) is 4. The third-order valence-electron chi connectivity index (χ3n) is 4.54. The van der Waals surface area contributed by atoms with Gasteiger partial charge in [0.05, 0.1) is 0 Å². The van der Waals surface area contributed by atoms with Crippen LogP contribution in [0.4, 0.5) is 0 Å². The first-order chi connectivity index (χ1) is 9.99. The fraction of sp³-hybridized carbons (Fsp3) is 1.00. The normalized spacial score (nSPS) is 38.2. The highest BCUT2D eigenvalue weighted by Crippen LogP contribution is 2.15. The molecule has 22 heavy (non-hydrogen) atoms. The van der Waals surface area contributed by atoms with Gasteiger partial charge in [-0.2, -0.15) is 0 Å². The van der Waals surface area contributed by atoms with Crippen molar-refractivity contribution in [1.82, 2.24) is 21.3 Å². The highest BCUT2D eigenvalue weighted by Gasteiger charge is 2.25. The van der Waals surface area contributed by atoms with Crippen LogP contribution in [0.2, 0.25) is 0 Å². The van der Waals surface area contributed by atoms with Crippen molar-refractivity contribution in [3.05, 3.63) is 0 Å². The summed E-state index contributed by atoms with van der Waals surface area (Å²) in [5.41, 5.74) is 0.310. The maximum absolute atomic E-state index is 3.73. The Labute approximate surface area is 138 Å². The highest BCUT2D eigenvalue weighted by atomic mass is 15.1. The Balaban J connectivity index is 2.74. The molecule has 0 saturated carbocycles. The first-order valence-corrected chi connectivity index (χ1v) is 9.01. The van der Waals surface area contributed by atoms with Crippen LogP contribution in [0.25, 0.3) is 0 Å². The van der Waals surface area contributed by atoms with E-state index in [0.29, 0.717) is 24.2 Å². The van der Waals surface area contributed by atoms with E-state index in [1.165, 1.54) is 0 Å². The van der Waals surface area contributed by atoms with Crippen molar-refractivity contribution in [1.29, 1.82) is 0 Å². The standard InChI is InChI=1S/C18H40N4/c1-13-9-17(5,6)19-12-16(4)22-14(2)10-18(7,8)20-11-15(3)21-13/h13-16,19-22H,9-12H2,1-8H3/t13-,14+,15?,16?. The summed E-state index contributed by atoms with van der Waals surface area (Å²) in [6.07, 6.45) is 2.26. The van der Waals surface area contributed by atoms with Gasteiger partial charge >= 0.3 is 0 Å². The maximum Gasteiger partial charge on any atom is 0.0166 e. The molecule has 132 valence electrons. The second kappa shape index (κ2) is 8.09. The Morgan fingerprint density at radius 1 is 0.591 bits per heavy atom. The first-order valence-electron chi connectivity index (χ1n) is 9.01. The molecule has 4 heteroatoms. The fourth-order valence-electron chi connectivity index (χ4n) is 3.74. The van der Waals surface area contributed by atoms with Crippen molar-refractivity contribution in [2.75, 3.05) is 13.1 Å². The van der Waals surface area contributed by atoms with Crippen molar-refractivity contribution < 1.29 is 0 Å². The molecule has 1 saturated heterocycles. The van der Waals surface area contributed by atoms with Crippen molar-refractivity contribution >= 4 is 0 Å². The number of hydrogen-bond donors (Lipinski definition) is 4. The van der Waals surface area contributed by atoms with Crippen LogP contribution < -0.4 is 21.3 Å². The molecule has 0 aromatic heterocycles. The van der Waals surface area contributed by atoms with E-state index in [1.807, 2.05) is 0 Å². The molecule has 4 nitrogen and oxygen atoms in total. The average Bonchev–Trinajstić information content (AvgIpc) is 2.31. The van der Waals surface area contributed by atoms with Gasteiger partial charge in [0, 0.05) is 48.3 Å². The SMILES string of the molecule is CC1CNC(C)(C)C[C@H](C)NC(C)CNC(C)(C)C[C@@H](C)N1. The van der Waals surface area contributed by atoms with Gasteiger partial charge in [-0.1, -0.05) is 0 Å². The Morgan fingerprint density at radius 2 is 0.909 bits per heavy atom. The van der Waals surface area contributed by atoms with Crippen LogP contribution in [0.5, 0.6) is 0 Å². The van der Waals surface area contributed by atoms with Gasteiger partial charge < -0.3 is 21.3 Å². The predicted octanol–water partition coefficient (Wildman–Crippen LogP) is 2.25. The molecule has 0 amide bonds. The average molecular weight is 313 g/mol. The third kappa shape index (κ3) is 7.91. The molecular weight excluding hydrogens is 272 g/mol. The largest absolute Gasteiger partial charge is 0.310 e. The molecule has 1 aliphatic heterocycles. The Kier molecular flexibility index (Phi) is 7.31. The summed E-state index contributed by atoms with van der Waals surface area (Å²) in [5.74, 6) is 0. The molecule has 1 fully saturated rings. The molecule has 1 heterocycles. The van der Waals surface area contributed by atoms with Crippen LogP contribution in [0, 0.1) is 0 Å². The molecule has 0 aromatic carbocycles. The second-order valence-corrected chi connectivity index (χ2v) is 8.88. The van der Waals surface area contributed by atoms with Gasteiger partial charge in [0.2, 0.25) is 0 Å². The molecule has 4 N–H and O–H groups in total. The van der Waals surface area contributed by atoms with Crippen molar-refractivity contribution in [3.8, 4) is 0 Å². The van der Waals surface area contributed by atoms with Crippen LogP contribution in [-0.2, 0) is 0 Å². The van der Waals surface area contributed by atoms with E-state index in [0.717, 1.165) is 25.9 Å². The topological polar surface area (TPSA) is 48.1 Å². The van der Waals surface area contributed by atoms with E-state index in [2.05, 4.69) is 76.7 Å². The molecular formula is C18H40N4.